The van der Waals surface area contributed by atoms with Crippen molar-refractivity contribution < 1.29 is 34.1 Å². The smallest absolute Gasteiger partial charge is 0.326 e. The molecule has 2 aliphatic rings. The predicted molar refractivity (Wildman–Crippen MR) is 112 cm³/mol. The molecule has 10 nitrogen and oxygen atoms in total. The molecule has 0 saturated heterocycles. The van der Waals surface area contributed by atoms with Gasteiger partial charge in [0.15, 0.2) is 0 Å². The van der Waals surface area contributed by atoms with Crippen molar-refractivity contribution in [1.29, 1.82) is 0 Å². The molecular formula is C21H20ClN3O7. The summed E-state index contributed by atoms with van der Waals surface area (Å²) in [7, 11) is 0. The molecule has 168 valence electrons. The summed E-state index contributed by atoms with van der Waals surface area (Å²) in [6, 6.07) is 6.33. The Labute approximate surface area is 187 Å². The number of aliphatic hydroxyl groups excluding tert-OH is 1. The molecule has 2 aliphatic heterocycles. The van der Waals surface area contributed by atoms with Gasteiger partial charge in [0.05, 0.1) is 11.4 Å². The number of carboxylic acid groups (broad SMARTS) is 1. The van der Waals surface area contributed by atoms with Crippen molar-refractivity contribution in [3.05, 3.63) is 58.6 Å². The zero-order valence-corrected chi connectivity index (χ0v) is 17.3. The van der Waals surface area contributed by atoms with Gasteiger partial charge in [-0.15, -0.1) is 0 Å². The molecule has 0 fully saturated rings. The molecular weight excluding hydrogens is 442 g/mol. The lowest BCUT2D eigenvalue weighted by molar-refractivity contribution is -0.144. The van der Waals surface area contributed by atoms with E-state index in [1.54, 1.807) is 18.2 Å². The van der Waals surface area contributed by atoms with Gasteiger partial charge in [0.1, 0.15) is 42.0 Å². The fraction of sp³-hybridized carbons (Fsp3) is 0.238. The highest BCUT2D eigenvalue weighted by molar-refractivity contribution is 6.32. The standard InChI is InChI=1S/C21H20ClN3O7/c22-13-7-11-4-5-16(13)32-12-3-1-2-10(6-12)15(9-26)24-17(27)8-14(21(30)31)25-20(29)18(23)19(11)28/h1-7,9,14-15,18-19,28H,8,23H2,(H,24,27)(H,25,29)(H,30,31). The Balaban J connectivity index is 2.04. The SMILES string of the molecule is NC1C(=O)NC(C(=O)O)CC(=O)NC(C=O)c2cccc(c2)Oc2ccc(cc2Cl)C1O. The molecule has 2 aromatic rings. The average Bonchev–Trinajstić information content (AvgIpc) is 2.76. The predicted octanol–water partition coefficient (Wildman–Crippen LogP) is 0.822. The van der Waals surface area contributed by atoms with Crippen molar-refractivity contribution in [3.8, 4) is 11.5 Å². The monoisotopic (exact) mass is 461 g/mol. The first-order chi connectivity index (χ1) is 15.2. The number of carbonyl (C=O) groups excluding carboxylic acids is 3. The topological polar surface area (TPSA) is 168 Å². The number of nitrogens with two attached hydrogens (primary N) is 1. The molecule has 0 aromatic heterocycles. The van der Waals surface area contributed by atoms with Gasteiger partial charge in [-0.1, -0.05) is 29.8 Å². The zero-order chi connectivity index (χ0) is 23.4. The largest absolute Gasteiger partial charge is 0.480 e. The fourth-order valence-corrected chi connectivity index (χ4v) is 3.34. The molecule has 4 unspecified atom stereocenters. The van der Waals surface area contributed by atoms with E-state index in [0.717, 1.165) is 0 Å². The lowest BCUT2D eigenvalue weighted by Gasteiger charge is -2.22. The van der Waals surface area contributed by atoms with E-state index in [0.29, 0.717) is 17.6 Å². The summed E-state index contributed by atoms with van der Waals surface area (Å²) in [6.07, 6.45) is -1.69. The van der Waals surface area contributed by atoms with E-state index in [1.807, 2.05) is 0 Å². The summed E-state index contributed by atoms with van der Waals surface area (Å²) in [4.78, 5) is 47.9. The van der Waals surface area contributed by atoms with Gasteiger partial charge in [-0.2, -0.15) is 0 Å². The lowest BCUT2D eigenvalue weighted by Crippen LogP contribution is -2.52. The average molecular weight is 462 g/mol. The van der Waals surface area contributed by atoms with Gasteiger partial charge in [0.2, 0.25) is 11.8 Å². The molecule has 11 heteroatoms. The van der Waals surface area contributed by atoms with Crippen molar-refractivity contribution >= 4 is 35.7 Å². The minimum absolute atomic E-state index is 0.118. The summed E-state index contributed by atoms with van der Waals surface area (Å²) in [5.41, 5.74) is 6.39. The van der Waals surface area contributed by atoms with E-state index < -0.39 is 48.4 Å². The number of fused-ring (bicyclic) bond motifs is 10. The molecule has 32 heavy (non-hydrogen) atoms. The molecule has 0 radical (unpaired) electrons. The number of benzene rings is 2. The Bertz CT molecular complexity index is 1060. The van der Waals surface area contributed by atoms with Gasteiger partial charge in [-0.25, -0.2) is 4.79 Å². The van der Waals surface area contributed by atoms with Crippen molar-refractivity contribution in [1.82, 2.24) is 10.6 Å². The van der Waals surface area contributed by atoms with E-state index in [4.69, 9.17) is 22.1 Å². The second-order valence-corrected chi connectivity index (χ2v) is 7.53. The number of carbonyl (C=O) groups is 4. The lowest BCUT2D eigenvalue weighted by atomic mass is 10.0. The van der Waals surface area contributed by atoms with E-state index in [2.05, 4.69) is 10.6 Å². The number of aldehydes is 1. The van der Waals surface area contributed by atoms with Crippen LogP contribution in [0.5, 0.6) is 11.5 Å². The summed E-state index contributed by atoms with van der Waals surface area (Å²) in [5, 5.41) is 24.5. The zero-order valence-electron chi connectivity index (χ0n) is 16.5. The van der Waals surface area contributed by atoms with Crippen molar-refractivity contribution in [2.24, 2.45) is 5.73 Å². The number of carboxylic acids is 1. The molecule has 0 saturated carbocycles. The minimum Gasteiger partial charge on any atom is -0.480 e. The number of hydrogen-bond donors (Lipinski definition) is 5. The number of aliphatic hydroxyl groups is 1. The number of aliphatic carboxylic acids is 1. The van der Waals surface area contributed by atoms with Crippen LogP contribution in [0.2, 0.25) is 5.02 Å². The van der Waals surface area contributed by atoms with Gasteiger partial charge in [0, 0.05) is 0 Å². The molecule has 4 rings (SSSR count). The van der Waals surface area contributed by atoms with Gasteiger partial charge in [0.25, 0.3) is 0 Å². The Morgan fingerprint density at radius 1 is 1.16 bits per heavy atom. The first kappa shape index (κ1) is 23.2. The third-order valence-electron chi connectivity index (χ3n) is 4.84. The van der Waals surface area contributed by atoms with Crippen LogP contribution in [0.25, 0.3) is 0 Å². The Morgan fingerprint density at radius 3 is 2.56 bits per heavy atom. The van der Waals surface area contributed by atoms with Crippen LogP contribution in [0.1, 0.15) is 29.7 Å². The molecule has 0 spiro atoms. The van der Waals surface area contributed by atoms with Crippen LogP contribution in [-0.2, 0) is 19.2 Å². The van der Waals surface area contributed by atoms with E-state index in [9.17, 15) is 29.4 Å². The van der Waals surface area contributed by atoms with Crippen LogP contribution in [0.15, 0.2) is 42.5 Å². The quantitative estimate of drug-likeness (QED) is 0.409. The molecule has 2 aromatic carbocycles. The normalized spacial score (nSPS) is 24.0. The number of nitrogens with one attached hydrogen (secondary N) is 2. The maximum absolute atomic E-state index is 12.4. The maximum Gasteiger partial charge on any atom is 0.326 e. The highest BCUT2D eigenvalue weighted by Gasteiger charge is 2.31. The van der Waals surface area contributed by atoms with Gasteiger partial charge in [-0.3, -0.25) is 9.59 Å². The molecule has 4 bridgehead atoms. The Kier molecular flexibility index (Phi) is 7.08. The number of amides is 2. The van der Waals surface area contributed by atoms with Crippen molar-refractivity contribution in [2.75, 3.05) is 0 Å². The molecule has 2 amide bonds. The van der Waals surface area contributed by atoms with Crippen LogP contribution in [0.4, 0.5) is 0 Å². The fourth-order valence-electron chi connectivity index (χ4n) is 3.11. The number of rotatable bonds is 2. The Morgan fingerprint density at radius 2 is 1.91 bits per heavy atom. The summed E-state index contributed by atoms with van der Waals surface area (Å²) >= 11 is 6.25. The third-order valence-corrected chi connectivity index (χ3v) is 5.14. The van der Waals surface area contributed by atoms with Crippen LogP contribution < -0.4 is 21.1 Å². The summed E-state index contributed by atoms with van der Waals surface area (Å²) in [5.74, 6) is -2.72. The van der Waals surface area contributed by atoms with Crippen LogP contribution in [0, 0.1) is 0 Å². The van der Waals surface area contributed by atoms with Crippen LogP contribution in [0.3, 0.4) is 0 Å². The highest BCUT2D eigenvalue weighted by atomic mass is 35.5. The minimum atomic E-state index is -1.63. The number of hydrogen-bond acceptors (Lipinski definition) is 7. The summed E-state index contributed by atoms with van der Waals surface area (Å²) < 4.78 is 5.75. The maximum atomic E-state index is 12.4. The first-order valence-electron chi connectivity index (χ1n) is 9.48. The molecule has 2 heterocycles. The third kappa shape index (κ3) is 5.22. The van der Waals surface area contributed by atoms with Gasteiger partial charge >= 0.3 is 5.97 Å². The van der Waals surface area contributed by atoms with Crippen LogP contribution in [-0.4, -0.2) is 46.4 Å². The number of halogens is 1. The second kappa shape index (κ2) is 9.77. The van der Waals surface area contributed by atoms with E-state index in [1.165, 1.54) is 24.3 Å². The second-order valence-electron chi connectivity index (χ2n) is 7.12. The first-order valence-corrected chi connectivity index (χ1v) is 9.86. The van der Waals surface area contributed by atoms with Gasteiger partial charge < -0.3 is 36.1 Å². The summed E-state index contributed by atoms with van der Waals surface area (Å²) in [6.45, 7) is 0. The molecule has 4 atom stereocenters. The van der Waals surface area contributed by atoms with E-state index >= 15 is 0 Å². The highest BCUT2D eigenvalue weighted by Crippen LogP contribution is 2.33. The van der Waals surface area contributed by atoms with E-state index in [-0.39, 0.29) is 16.3 Å². The molecule has 6 N–H and O–H groups in total. The van der Waals surface area contributed by atoms with Crippen LogP contribution >= 0.6 is 11.6 Å². The van der Waals surface area contributed by atoms with Crippen molar-refractivity contribution in [2.45, 2.75) is 30.7 Å². The van der Waals surface area contributed by atoms with Crippen molar-refractivity contribution in [3.63, 3.8) is 0 Å². The molecule has 0 aliphatic carbocycles. The number of ether oxygens (including phenoxy) is 1. The van der Waals surface area contributed by atoms with Gasteiger partial charge in [-0.05, 0) is 35.4 Å². The Hall–Kier alpha value is -3.47.